The highest BCUT2D eigenvalue weighted by Gasteiger charge is 2.10. The summed E-state index contributed by atoms with van der Waals surface area (Å²) in [5.74, 6) is -1.05. The Morgan fingerprint density at radius 3 is 2.29 bits per heavy atom. The van der Waals surface area contributed by atoms with E-state index < -0.39 is 11.6 Å². The van der Waals surface area contributed by atoms with Gasteiger partial charge in [-0.05, 0) is 24.3 Å². The van der Waals surface area contributed by atoms with E-state index in [-0.39, 0.29) is 16.1 Å². The van der Waals surface area contributed by atoms with Gasteiger partial charge in [0, 0.05) is 16.7 Å². The van der Waals surface area contributed by atoms with Crippen LogP contribution < -0.4 is 0 Å². The predicted octanol–water partition coefficient (Wildman–Crippen LogP) is 4.10. The zero-order chi connectivity index (χ0) is 12.4. The molecule has 0 aliphatic carbocycles. The van der Waals surface area contributed by atoms with Gasteiger partial charge in [0.1, 0.15) is 17.9 Å². The van der Waals surface area contributed by atoms with Gasteiger partial charge in [0.2, 0.25) is 0 Å². The van der Waals surface area contributed by atoms with E-state index in [1.165, 1.54) is 24.3 Å². The summed E-state index contributed by atoms with van der Waals surface area (Å²) in [6.45, 7) is 0. The fourth-order valence-corrected chi connectivity index (χ4v) is 1.80. The summed E-state index contributed by atoms with van der Waals surface area (Å²) in [4.78, 5) is 10.5. The lowest BCUT2D eigenvalue weighted by atomic mass is 10.0. The summed E-state index contributed by atoms with van der Waals surface area (Å²) >= 11 is 5.83. The van der Waals surface area contributed by atoms with Gasteiger partial charge in [0.25, 0.3) is 0 Å². The molecule has 0 saturated carbocycles. The highest BCUT2D eigenvalue weighted by Crippen LogP contribution is 2.30. The van der Waals surface area contributed by atoms with Gasteiger partial charge in [-0.3, -0.25) is 4.79 Å². The van der Waals surface area contributed by atoms with E-state index in [9.17, 15) is 13.6 Å². The van der Waals surface area contributed by atoms with Crippen LogP contribution in [0.4, 0.5) is 8.78 Å². The molecule has 0 saturated heterocycles. The third-order valence-electron chi connectivity index (χ3n) is 2.35. The van der Waals surface area contributed by atoms with E-state index in [2.05, 4.69) is 0 Å². The first-order valence-corrected chi connectivity index (χ1v) is 5.20. The quantitative estimate of drug-likeness (QED) is 0.736. The maximum atomic E-state index is 13.7. The maximum absolute atomic E-state index is 13.7. The Bertz CT molecular complexity index is 582. The van der Waals surface area contributed by atoms with Crippen molar-refractivity contribution in [3.8, 4) is 11.1 Å². The largest absolute Gasteiger partial charge is 0.298 e. The third-order valence-corrected chi connectivity index (χ3v) is 2.66. The molecule has 17 heavy (non-hydrogen) atoms. The highest BCUT2D eigenvalue weighted by atomic mass is 35.5. The van der Waals surface area contributed by atoms with Gasteiger partial charge in [0.05, 0.1) is 5.02 Å². The van der Waals surface area contributed by atoms with Crippen LogP contribution in [-0.4, -0.2) is 6.29 Å². The minimum Gasteiger partial charge on any atom is -0.298 e. The lowest BCUT2D eigenvalue weighted by Gasteiger charge is -2.06. The number of rotatable bonds is 2. The van der Waals surface area contributed by atoms with E-state index >= 15 is 0 Å². The molecular weight excluding hydrogens is 246 g/mol. The van der Waals surface area contributed by atoms with Crippen LogP contribution in [0.3, 0.4) is 0 Å². The fraction of sp³-hybridized carbons (Fsp3) is 0. The second-order valence-electron chi connectivity index (χ2n) is 3.48. The number of carbonyl (C=O) groups is 1. The van der Waals surface area contributed by atoms with Gasteiger partial charge in [-0.15, -0.1) is 0 Å². The monoisotopic (exact) mass is 252 g/mol. The molecule has 0 heterocycles. The number of hydrogen-bond acceptors (Lipinski definition) is 1. The van der Waals surface area contributed by atoms with E-state index in [0.29, 0.717) is 11.8 Å². The topological polar surface area (TPSA) is 17.1 Å². The molecule has 0 unspecified atom stereocenters. The van der Waals surface area contributed by atoms with Gasteiger partial charge in [-0.25, -0.2) is 8.78 Å². The Morgan fingerprint density at radius 2 is 1.71 bits per heavy atom. The summed E-state index contributed by atoms with van der Waals surface area (Å²) in [6.07, 6.45) is 0.555. The smallest absolute Gasteiger partial charge is 0.150 e. The van der Waals surface area contributed by atoms with Crippen LogP contribution in [0.5, 0.6) is 0 Å². The Morgan fingerprint density at radius 1 is 1.00 bits per heavy atom. The average molecular weight is 253 g/mol. The Hall–Kier alpha value is -1.74. The molecule has 0 fully saturated rings. The molecule has 2 aromatic rings. The van der Waals surface area contributed by atoms with Crippen molar-refractivity contribution in [2.24, 2.45) is 0 Å². The summed E-state index contributed by atoms with van der Waals surface area (Å²) in [7, 11) is 0. The number of halogens is 3. The minimum atomic E-state index is -0.567. The first-order valence-electron chi connectivity index (χ1n) is 4.82. The summed E-state index contributed by atoms with van der Waals surface area (Å²) < 4.78 is 26.6. The van der Waals surface area contributed by atoms with Gasteiger partial charge in [-0.2, -0.15) is 0 Å². The van der Waals surface area contributed by atoms with E-state index in [4.69, 9.17) is 11.6 Å². The molecule has 1 nitrogen and oxygen atoms in total. The number of benzene rings is 2. The van der Waals surface area contributed by atoms with Crippen LogP contribution in [0.15, 0.2) is 36.4 Å². The zero-order valence-corrected chi connectivity index (χ0v) is 9.34. The second-order valence-corrected chi connectivity index (χ2v) is 3.89. The maximum Gasteiger partial charge on any atom is 0.150 e. The Kier molecular flexibility index (Phi) is 3.20. The van der Waals surface area contributed by atoms with Crippen LogP contribution in [-0.2, 0) is 0 Å². The lowest BCUT2D eigenvalue weighted by Crippen LogP contribution is -1.89. The molecule has 0 atom stereocenters. The van der Waals surface area contributed by atoms with Crippen LogP contribution in [0, 0.1) is 11.6 Å². The molecule has 0 aromatic heterocycles. The fourth-order valence-electron chi connectivity index (χ4n) is 1.53. The lowest BCUT2D eigenvalue weighted by molar-refractivity contribution is 0.112. The van der Waals surface area contributed by atoms with Gasteiger partial charge in [0.15, 0.2) is 0 Å². The predicted molar refractivity (Wildman–Crippen MR) is 62.2 cm³/mol. The van der Waals surface area contributed by atoms with Crippen molar-refractivity contribution in [3.63, 3.8) is 0 Å². The summed E-state index contributed by atoms with van der Waals surface area (Å²) in [5, 5.41) is 0.128. The Balaban J connectivity index is 2.56. The summed E-state index contributed by atoms with van der Waals surface area (Å²) in [6, 6.07) is 7.75. The molecule has 0 N–H and O–H groups in total. The molecule has 0 bridgehead atoms. The molecule has 0 radical (unpaired) electrons. The van der Waals surface area contributed by atoms with Crippen molar-refractivity contribution in [2.45, 2.75) is 0 Å². The zero-order valence-electron chi connectivity index (χ0n) is 8.58. The molecule has 0 spiro atoms. The standard InChI is InChI=1S/C13H7ClF2O/c14-12-6-9(15)2-4-10(12)11-3-1-8(7-17)5-13(11)16/h1-7H. The third kappa shape index (κ3) is 2.34. The van der Waals surface area contributed by atoms with Crippen LogP contribution >= 0.6 is 11.6 Å². The first-order chi connectivity index (χ1) is 8.11. The van der Waals surface area contributed by atoms with Gasteiger partial charge < -0.3 is 0 Å². The molecule has 86 valence electrons. The van der Waals surface area contributed by atoms with Crippen LogP contribution in [0.2, 0.25) is 5.02 Å². The van der Waals surface area contributed by atoms with Crippen molar-refractivity contribution in [1.82, 2.24) is 0 Å². The average Bonchev–Trinajstić information content (AvgIpc) is 2.30. The van der Waals surface area contributed by atoms with Crippen molar-refractivity contribution >= 4 is 17.9 Å². The van der Waals surface area contributed by atoms with E-state index in [0.717, 1.165) is 12.1 Å². The van der Waals surface area contributed by atoms with Crippen molar-refractivity contribution in [2.75, 3.05) is 0 Å². The molecule has 4 heteroatoms. The number of carbonyl (C=O) groups excluding carboxylic acids is 1. The van der Waals surface area contributed by atoms with Crippen LogP contribution in [0.25, 0.3) is 11.1 Å². The second kappa shape index (κ2) is 4.63. The van der Waals surface area contributed by atoms with Crippen molar-refractivity contribution < 1.29 is 13.6 Å². The van der Waals surface area contributed by atoms with Crippen LogP contribution in [0.1, 0.15) is 10.4 Å². The summed E-state index contributed by atoms with van der Waals surface area (Å²) in [5.41, 5.74) is 0.869. The normalized spacial score (nSPS) is 10.3. The number of aldehydes is 1. The number of hydrogen-bond donors (Lipinski definition) is 0. The molecule has 2 aromatic carbocycles. The Labute approximate surface area is 102 Å². The highest BCUT2D eigenvalue weighted by molar-refractivity contribution is 6.33. The minimum absolute atomic E-state index is 0.128. The van der Waals surface area contributed by atoms with E-state index in [1.54, 1.807) is 0 Å². The SMILES string of the molecule is O=Cc1ccc(-c2ccc(F)cc2Cl)c(F)c1. The molecule has 0 amide bonds. The van der Waals surface area contributed by atoms with Gasteiger partial charge in [-0.1, -0.05) is 23.7 Å². The van der Waals surface area contributed by atoms with Gasteiger partial charge >= 0.3 is 0 Å². The van der Waals surface area contributed by atoms with E-state index in [1.807, 2.05) is 0 Å². The molecule has 0 aliphatic rings. The first kappa shape index (κ1) is 11.7. The molecule has 0 aliphatic heterocycles. The molecule has 2 rings (SSSR count). The van der Waals surface area contributed by atoms with Crippen molar-refractivity contribution in [3.05, 3.63) is 58.6 Å². The molecular formula is C13H7ClF2O. The van der Waals surface area contributed by atoms with Crippen molar-refractivity contribution in [1.29, 1.82) is 0 Å².